The largest absolute Gasteiger partial charge is 0.304 e. The van der Waals surface area contributed by atoms with Gasteiger partial charge in [-0.05, 0) is 11.3 Å². The van der Waals surface area contributed by atoms with Gasteiger partial charge in [-0.25, -0.2) is 0 Å². The Labute approximate surface area is 87.1 Å². The number of hydrogen-bond acceptors (Lipinski definition) is 5. The van der Waals surface area contributed by atoms with Gasteiger partial charge in [-0.15, -0.1) is 10.2 Å². The fourth-order valence-electron chi connectivity index (χ4n) is 1.25. The van der Waals surface area contributed by atoms with E-state index >= 15 is 0 Å². The van der Waals surface area contributed by atoms with E-state index in [-0.39, 0.29) is 0 Å². The fraction of sp³-hybridized carbons (Fsp3) is 0.500. The van der Waals surface area contributed by atoms with Crippen molar-refractivity contribution in [2.24, 2.45) is 14.1 Å². The zero-order valence-electron chi connectivity index (χ0n) is 8.75. The quantitative estimate of drug-likeness (QED) is 0.713. The Kier molecular flexibility index (Phi) is 2.72. The van der Waals surface area contributed by atoms with Gasteiger partial charge >= 0.3 is 0 Å². The minimum absolute atomic E-state index is 0.602. The summed E-state index contributed by atoms with van der Waals surface area (Å²) in [5.41, 5.74) is 1.00. The molecule has 0 aliphatic heterocycles. The lowest BCUT2D eigenvalue weighted by Crippen LogP contribution is -2.14. The van der Waals surface area contributed by atoms with Crippen LogP contribution < -0.4 is 5.32 Å². The van der Waals surface area contributed by atoms with Crippen LogP contribution >= 0.6 is 0 Å². The van der Waals surface area contributed by atoms with Crippen LogP contribution in [0.2, 0.25) is 0 Å². The van der Waals surface area contributed by atoms with Crippen molar-refractivity contribution in [1.29, 1.82) is 0 Å². The van der Waals surface area contributed by atoms with Gasteiger partial charge in [0, 0.05) is 19.8 Å². The Bertz CT molecular complexity index is 389. The normalized spacial score (nSPS) is 10.8. The summed E-state index contributed by atoms with van der Waals surface area (Å²) in [6.07, 6.45) is 1.91. The van der Waals surface area contributed by atoms with Crippen molar-refractivity contribution >= 4 is 0 Å². The Morgan fingerprint density at radius 2 is 2.13 bits per heavy atom. The first kappa shape index (κ1) is 9.78. The molecule has 2 aromatic heterocycles. The SMILES string of the molecule is Cn1ccc(CNCc2nnn(C)n2)n1. The first-order chi connectivity index (χ1) is 7.24. The maximum atomic E-state index is 4.24. The average Bonchev–Trinajstić information content (AvgIpc) is 2.76. The summed E-state index contributed by atoms with van der Waals surface area (Å²) in [6, 6.07) is 1.97. The number of nitrogens with zero attached hydrogens (tertiary/aromatic N) is 6. The van der Waals surface area contributed by atoms with Crippen LogP contribution in [0.3, 0.4) is 0 Å². The lowest BCUT2D eigenvalue weighted by Gasteiger charge is -1.97. The smallest absolute Gasteiger partial charge is 0.188 e. The number of aryl methyl sites for hydroxylation is 2. The molecule has 0 aliphatic rings. The van der Waals surface area contributed by atoms with Crippen molar-refractivity contribution in [3.63, 3.8) is 0 Å². The molecule has 2 aromatic rings. The van der Waals surface area contributed by atoms with Crippen LogP contribution in [0.1, 0.15) is 11.5 Å². The van der Waals surface area contributed by atoms with Crippen LogP contribution in [0, 0.1) is 0 Å². The molecule has 7 nitrogen and oxygen atoms in total. The minimum Gasteiger partial charge on any atom is -0.304 e. The summed E-state index contributed by atoms with van der Waals surface area (Å²) >= 11 is 0. The molecule has 0 aliphatic carbocycles. The summed E-state index contributed by atoms with van der Waals surface area (Å²) in [7, 11) is 3.64. The molecule has 2 rings (SSSR count). The van der Waals surface area contributed by atoms with Gasteiger partial charge in [0.2, 0.25) is 0 Å². The monoisotopic (exact) mass is 207 g/mol. The Balaban J connectivity index is 1.80. The summed E-state index contributed by atoms with van der Waals surface area (Å²) in [4.78, 5) is 1.44. The molecule has 15 heavy (non-hydrogen) atoms. The molecule has 7 heteroatoms. The second kappa shape index (κ2) is 4.18. The van der Waals surface area contributed by atoms with Gasteiger partial charge in [0.25, 0.3) is 0 Å². The highest BCUT2D eigenvalue weighted by atomic mass is 15.6. The molecule has 1 N–H and O–H groups in total. The van der Waals surface area contributed by atoms with Crippen molar-refractivity contribution < 1.29 is 0 Å². The van der Waals surface area contributed by atoms with E-state index in [1.54, 1.807) is 11.7 Å². The summed E-state index contributed by atoms with van der Waals surface area (Å²) in [5.74, 6) is 0.688. The van der Waals surface area contributed by atoms with Gasteiger partial charge in [0.1, 0.15) is 0 Å². The molecule has 0 saturated carbocycles. The van der Waals surface area contributed by atoms with Gasteiger partial charge in [-0.1, -0.05) is 0 Å². The molecular weight excluding hydrogens is 194 g/mol. The third kappa shape index (κ3) is 2.59. The number of nitrogens with one attached hydrogen (secondary N) is 1. The van der Waals surface area contributed by atoms with E-state index in [2.05, 4.69) is 25.8 Å². The molecule has 0 saturated heterocycles. The molecule has 0 unspecified atom stereocenters. The van der Waals surface area contributed by atoms with Gasteiger partial charge in [0.05, 0.1) is 19.3 Å². The topological polar surface area (TPSA) is 73.5 Å². The average molecular weight is 207 g/mol. The van der Waals surface area contributed by atoms with Gasteiger partial charge in [0.15, 0.2) is 5.82 Å². The Morgan fingerprint density at radius 1 is 1.27 bits per heavy atom. The number of aromatic nitrogens is 6. The van der Waals surface area contributed by atoms with Crippen molar-refractivity contribution in [2.75, 3.05) is 0 Å². The van der Waals surface area contributed by atoms with Crippen LogP contribution in [-0.2, 0) is 27.2 Å². The highest BCUT2D eigenvalue weighted by Crippen LogP contribution is 1.93. The molecule has 0 fully saturated rings. The standard InChI is InChI=1S/C8H13N7/c1-14-4-3-7(11-14)5-9-6-8-10-13-15(2)12-8/h3-4,9H,5-6H2,1-2H3. The highest BCUT2D eigenvalue weighted by Gasteiger charge is 2.00. The van der Waals surface area contributed by atoms with Crippen molar-refractivity contribution in [3.05, 3.63) is 23.8 Å². The second-order valence-corrected chi connectivity index (χ2v) is 3.28. The third-order valence-corrected chi connectivity index (χ3v) is 1.91. The zero-order valence-corrected chi connectivity index (χ0v) is 8.75. The van der Waals surface area contributed by atoms with E-state index in [1.165, 1.54) is 4.80 Å². The molecule has 0 spiro atoms. The van der Waals surface area contributed by atoms with Crippen LogP contribution in [-0.4, -0.2) is 30.0 Å². The highest BCUT2D eigenvalue weighted by molar-refractivity contribution is 4.98. The third-order valence-electron chi connectivity index (χ3n) is 1.91. The number of tetrazole rings is 1. The van der Waals surface area contributed by atoms with E-state index < -0.39 is 0 Å². The van der Waals surface area contributed by atoms with Gasteiger partial charge < -0.3 is 5.32 Å². The van der Waals surface area contributed by atoms with Crippen molar-refractivity contribution in [3.8, 4) is 0 Å². The molecule has 80 valence electrons. The van der Waals surface area contributed by atoms with E-state index in [9.17, 15) is 0 Å². The van der Waals surface area contributed by atoms with Crippen molar-refractivity contribution in [2.45, 2.75) is 13.1 Å². The molecule has 0 radical (unpaired) electrons. The van der Waals surface area contributed by atoms with Crippen LogP contribution in [0.5, 0.6) is 0 Å². The predicted molar refractivity (Wildman–Crippen MR) is 52.5 cm³/mol. The van der Waals surface area contributed by atoms with Gasteiger partial charge in [-0.3, -0.25) is 4.68 Å². The zero-order chi connectivity index (χ0) is 10.7. The maximum absolute atomic E-state index is 4.24. The summed E-state index contributed by atoms with van der Waals surface area (Å²) in [5, 5.41) is 19.1. The molecular formula is C8H13N7. The predicted octanol–water partition coefficient (Wildman–Crippen LogP) is -0.767. The number of hydrogen-bond donors (Lipinski definition) is 1. The van der Waals surface area contributed by atoms with E-state index in [4.69, 9.17) is 0 Å². The first-order valence-electron chi connectivity index (χ1n) is 4.66. The molecule has 0 atom stereocenters. The first-order valence-corrected chi connectivity index (χ1v) is 4.66. The Morgan fingerprint density at radius 3 is 2.73 bits per heavy atom. The molecule has 2 heterocycles. The van der Waals surface area contributed by atoms with Crippen LogP contribution in [0.15, 0.2) is 12.3 Å². The van der Waals surface area contributed by atoms with Gasteiger partial charge in [-0.2, -0.15) is 9.90 Å². The molecule has 0 aromatic carbocycles. The number of rotatable bonds is 4. The second-order valence-electron chi connectivity index (χ2n) is 3.28. The summed E-state index contributed by atoms with van der Waals surface area (Å²) in [6.45, 7) is 1.31. The van der Waals surface area contributed by atoms with Crippen LogP contribution in [0.25, 0.3) is 0 Å². The Hall–Kier alpha value is -1.76. The fourth-order valence-corrected chi connectivity index (χ4v) is 1.25. The minimum atomic E-state index is 0.602. The lowest BCUT2D eigenvalue weighted by molar-refractivity contribution is 0.614. The van der Waals surface area contributed by atoms with Crippen LogP contribution in [0.4, 0.5) is 0 Å². The van der Waals surface area contributed by atoms with E-state index in [0.717, 1.165) is 5.69 Å². The lowest BCUT2D eigenvalue weighted by atomic mass is 10.4. The van der Waals surface area contributed by atoms with E-state index in [1.807, 2.05) is 19.3 Å². The van der Waals surface area contributed by atoms with E-state index in [0.29, 0.717) is 18.9 Å². The van der Waals surface area contributed by atoms with Crippen molar-refractivity contribution in [1.82, 2.24) is 35.3 Å². The molecule has 0 bridgehead atoms. The summed E-state index contributed by atoms with van der Waals surface area (Å²) < 4.78 is 1.78. The maximum Gasteiger partial charge on any atom is 0.188 e. The molecule has 0 amide bonds.